The summed E-state index contributed by atoms with van der Waals surface area (Å²) in [5.74, 6) is 0.505. The molecule has 4 nitrogen and oxygen atoms in total. The van der Waals surface area contributed by atoms with Crippen LogP contribution in [0.3, 0.4) is 0 Å². The van der Waals surface area contributed by atoms with Gasteiger partial charge in [0, 0.05) is 18.0 Å². The Balaban J connectivity index is 2.36. The molecule has 2 aromatic rings. The van der Waals surface area contributed by atoms with Crippen LogP contribution in [0.25, 0.3) is 5.69 Å². The molecule has 0 aliphatic heterocycles. The van der Waals surface area contributed by atoms with E-state index in [9.17, 15) is 4.79 Å². The number of aromatic nitrogens is 2. The minimum atomic E-state index is -0.129. The fourth-order valence-electron chi connectivity index (χ4n) is 1.37. The zero-order valence-electron chi connectivity index (χ0n) is 8.64. The van der Waals surface area contributed by atoms with Crippen molar-refractivity contribution < 1.29 is 4.79 Å². The van der Waals surface area contributed by atoms with Gasteiger partial charge in [0.05, 0.1) is 11.9 Å². The maximum absolute atomic E-state index is 11.0. The number of nitrogens with zero attached hydrogens (tertiary/aromatic N) is 2. The lowest BCUT2D eigenvalue weighted by atomic mass is 10.3. The highest BCUT2D eigenvalue weighted by atomic mass is 35.5. The minimum Gasteiger partial charge on any atom is -0.311 e. The number of benzene rings is 1. The van der Waals surface area contributed by atoms with Gasteiger partial charge < -0.3 is 5.32 Å². The number of hydrogen-bond donors (Lipinski definition) is 1. The molecule has 0 radical (unpaired) electrons. The standard InChI is InChI=1S/C11H10ClN3O/c1-8(16)14-11-6-7-13-15(11)10-4-2-9(12)3-5-10/h2-7H,1H3,(H,14,16). The van der Waals surface area contributed by atoms with E-state index in [1.165, 1.54) is 6.92 Å². The highest BCUT2D eigenvalue weighted by Crippen LogP contribution is 2.17. The lowest BCUT2D eigenvalue weighted by molar-refractivity contribution is -0.114. The predicted octanol–water partition coefficient (Wildman–Crippen LogP) is 2.48. The van der Waals surface area contributed by atoms with Crippen LogP contribution in [-0.4, -0.2) is 15.7 Å². The van der Waals surface area contributed by atoms with Crippen molar-refractivity contribution in [1.29, 1.82) is 0 Å². The molecule has 0 atom stereocenters. The van der Waals surface area contributed by atoms with Gasteiger partial charge in [-0.3, -0.25) is 4.79 Å². The first-order valence-electron chi connectivity index (χ1n) is 4.74. The van der Waals surface area contributed by atoms with E-state index in [1.807, 2.05) is 12.1 Å². The molecular formula is C11H10ClN3O. The van der Waals surface area contributed by atoms with Crippen LogP contribution >= 0.6 is 11.6 Å². The van der Waals surface area contributed by atoms with Gasteiger partial charge in [0.2, 0.25) is 5.91 Å². The fraction of sp³-hybridized carbons (Fsp3) is 0.0909. The summed E-state index contributed by atoms with van der Waals surface area (Å²) in [5.41, 5.74) is 0.846. The van der Waals surface area contributed by atoms with E-state index in [0.717, 1.165) is 5.69 Å². The fourth-order valence-corrected chi connectivity index (χ4v) is 1.49. The summed E-state index contributed by atoms with van der Waals surface area (Å²) < 4.78 is 1.64. The minimum absolute atomic E-state index is 0.129. The summed E-state index contributed by atoms with van der Waals surface area (Å²) in [6, 6.07) is 8.95. The molecular weight excluding hydrogens is 226 g/mol. The molecule has 0 saturated heterocycles. The molecule has 0 bridgehead atoms. The van der Waals surface area contributed by atoms with E-state index < -0.39 is 0 Å². The van der Waals surface area contributed by atoms with Crippen molar-refractivity contribution in [2.75, 3.05) is 5.32 Å². The van der Waals surface area contributed by atoms with Crippen molar-refractivity contribution in [2.45, 2.75) is 6.92 Å². The predicted molar refractivity (Wildman–Crippen MR) is 62.9 cm³/mol. The average Bonchev–Trinajstić information content (AvgIpc) is 2.66. The Labute approximate surface area is 97.8 Å². The monoisotopic (exact) mass is 235 g/mol. The zero-order valence-corrected chi connectivity index (χ0v) is 9.40. The van der Waals surface area contributed by atoms with Crippen molar-refractivity contribution in [3.63, 3.8) is 0 Å². The quantitative estimate of drug-likeness (QED) is 0.869. The number of nitrogens with one attached hydrogen (secondary N) is 1. The third-order valence-corrected chi connectivity index (χ3v) is 2.27. The molecule has 82 valence electrons. The molecule has 1 amide bonds. The van der Waals surface area contributed by atoms with Gasteiger partial charge in [-0.25, -0.2) is 4.68 Å². The van der Waals surface area contributed by atoms with E-state index in [0.29, 0.717) is 10.8 Å². The molecule has 0 aliphatic rings. The number of anilines is 1. The van der Waals surface area contributed by atoms with Crippen molar-refractivity contribution in [3.8, 4) is 5.69 Å². The number of amides is 1. The third kappa shape index (κ3) is 2.23. The van der Waals surface area contributed by atoms with Crippen LogP contribution in [0.4, 0.5) is 5.82 Å². The number of hydrogen-bond acceptors (Lipinski definition) is 2. The van der Waals surface area contributed by atoms with Crippen LogP contribution in [0.5, 0.6) is 0 Å². The first kappa shape index (κ1) is 10.7. The van der Waals surface area contributed by atoms with Gasteiger partial charge in [-0.1, -0.05) is 11.6 Å². The summed E-state index contributed by atoms with van der Waals surface area (Å²) in [6.45, 7) is 1.46. The van der Waals surface area contributed by atoms with Gasteiger partial charge in [-0.05, 0) is 24.3 Å². The molecule has 0 unspecified atom stereocenters. The van der Waals surface area contributed by atoms with Gasteiger partial charge in [0.15, 0.2) is 0 Å². The largest absolute Gasteiger partial charge is 0.311 e. The van der Waals surface area contributed by atoms with Crippen molar-refractivity contribution in [3.05, 3.63) is 41.6 Å². The van der Waals surface area contributed by atoms with E-state index in [-0.39, 0.29) is 5.91 Å². The normalized spacial score (nSPS) is 10.1. The maximum atomic E-state index is 11.0. The van der Waals surface area contributed by atoms with E-state index in [2.05, 4.69) is 10.4 Å². The molecule has 1 aromatic heterocycles. The van der Waals surface area contributed by atoms with E-state index in [1.54, 1.807) is 29.1 Å². The molecule has 0 saturated carbocycles. The molecule has 16 heavy (non-hydrogen) atoms. The van der Waals surface area contributed by atoms with Crippen LogP contribution in [0.2, 0.25) is 5.02 Å². The number of carbonyl (C=O) groups excluding carboxylic acids is 1. The SMILES string of the molecule is CC(=O)Nc1ccnn1-c1ccc(Cl)cc1. The maximum Gasteiger partial charge on any atom is 0.222 e. The lowest BCUT2D eigenvalue weighted by Crippen LogP contribution is -2.10. The Kier molecular flexibility index (Phi) is 2.92. The Bertz CT molecular complexity index is 504. The highest BCUT2D eigenvalue weighted by Gasteiger charge is 2.05. The third-order valence-electron chi connectivity index (χ3n) is 2.02. The Hall–Kier alpha value is -1.81. The molecule has 5 heteroatoms. The highest BCUT2D eigenvalue weighted by molar-refractivity contribution is 6.30. The smallest absolute Gasteiger partial charge is 0.222 e. The summed E-state index contributed by atoms with van der Waals surface area (Å²) >= 11 is 5.80. The van der Waals surface area contributed by atoms with Gasteiger partial charge >= 0.3 is 0 Å². The van der Waals surface area contributed by atoms with E-state index >= 15 is 0 Å². The van der Waals surface area contributed by atoms with Crippen molar-refractivity contribution >= 4 is 23.3 Å². The molecule has 0 aliphatic carbocycles. The van der Waals surface area contributed by atoms with Crippen LogP contribution < -0.4 is 5.32 Å². The van der Waals surface area contributed by atoms with Crippen LogP contribution in [0.15, 0.2) is 36.5 Å². The number of carbonyl (C=O) groups is 1. The van der Waals surface area contributed by atoms with Gasteiger partial charge in [-0.15, -0.1) is 0 Å². The molecule has 0 spiro atoms. The second-order valence-electron chi connectivity index (χ2n) is 3.29. The first-order valence-corrected chi connectivity index (χ1v) is 5.12. The second kappa shape index (κ2) is 4.37. The summed E-state index contributed by atoms with van der Waals surface area (Å²) in [6.07, 6.45) is 1.62. The molecule has 0 fully saturated rings. The first-order chi connectivity index (χ1) is 7.66. The average molecular weight is 236 g/mol. The Morgan fingerprint density at radius 2 is 2.00 bits per heavy atom. The summed E-state index contributed by atoms with van der Waals surface area (Å²) in [7, 11) is 0. The molecule has 1 aromatic carbocycles. The Morgan fingerprint density at radius 3 is 2.62 bits per heavy atom. The second-order valence-corrected chi connectivity index (χ2v) is 3.72. The summed E-state index contributed by atoms with van der Waals surface area (Å²) in [4.78, 5) is 11.0. The molecule has 1 heterocycles. The van der Waals surface area contributed by atoms with Crippen LogP contribution in [-0.2, 0) is 4.79 Å². The Morgan fingerprint density at radius 1 is 1.31 bits per heavy atom. The van der Waals surface area contributed by atoms with Crippen LogP contribution in [0.1, 0.15) is 6.92 Å². The zero-order chi connectivity index (χ0) is 11.5. The number of rotatable bonds is 2. The molecule has 2 rings (SSSR count). The van der Waals surface area contributed by atoms with Gasteiger partial charge in [0.25, 0.3) is 0 Å². The van der Waals surface area contributed by atoms with Crippen molar-refractivity contribution in [1.82, 2.24) is 9.78 Å². The number of halogens is 1. The van der Waals surface area contributed by atoms with E-state index in [4.69, 9.17) is 11.6 Å². The summed E-state index contributed by atoms with van der Waals surface area (Å²) in [5, 5.41) is 7.49. The lowest BCUT2D eigenvalue weighted by Gasteiger charge is -2.07. The molecule has 1 N–H and O–H groups in total. The topological polar surface area (TPSA) is 46.9 Å². The van der Waals surface area contributed by atoms with Crippen LogP contribution in [0, 0.1) is 0 Å². The van der Waals surface area contributed by atoms with Gasteiger partial charge in [0.1, 0.15) is 5.82 Å². The van der Waals surface area contributed by atoms with Crippen molar-refractivity contribution in [2.24, 2.45) is 0 Å². The van der Waals surface area contributed by atoms with Gasteiger partial charge in [-0.2, -0.15) is 5.10 Å².